The third kappa shape index (κ3) is 4.19. The number of esters is 1. The molecule has 0 aliphatic heterocycles. The van der Waals surface area contributed by atoms with E-state index < -0.39 is 47.6 Å². The Kier molecular flexibility index (Phi) is 5.93. The summed E-state index contributed by atoms with van der Waals surface area (Å²) < 4.78 is 43.7. The number of hydrogen-bond acceptors (Lipinski definition) is 5. The molecule has 20 heavy (non-hydrogen) atoms. The molecular weight excluding hydrogens is 279 g/mol. The van der Waals surface area contributed by atoms with Crippen molar-refractivity contribution in [2.45, 2.75) is 18.6 Å². The van der Waals surface area contributed by atoms with Crippen molar-refractivity contribution in [1.29, 1.82) is 0 Å². The number of nitrogens with two attached hydrogens (primary N) is 1. The maximum Gasteiger partial charge on any atom is 0.307 e. The van der Waals surface area contributed by atoms with Crippen LogP contribution in [0.4, 0.5) is 13.2 Å². The van der Waals surface area contributed by atoms with Crippen molar-refractivity contribution in [1.82, 2.24) is 0 Å². The molecule has 0 aromatic heterocycles. The number of ether oxygens (including phenoxy) is 1. The smallest absolute Gasteiger partial charge is 0.307 e. The summed E-state index contributed by atoms with van der Waals surface area (Å²) in [4.78, 5) is 11.2. The Morgan fingerprint density at radius 1 is 1.25 bits per heavy atom. The molecule has 0 saturated heterocycles. The van der Waals surface area contributed by atoms with Crippen molar-refractivity contribution in [3.05, 3.63) is 35.1 Å². The van der Waals surface area contributed by atoms with Gasteiger partial charge in [0.2, 0.25) is 0 Å². The molecule has 2 unspecified atom stereocenters. The molecule has 1 aromatic carbocycles. The number of halogens is 3. The van der Waals surface area contributed by atoms with Crippen LogP contribution in [-0.4, -0.2) is 35.4 Å². The first kappa shape index (κ1) is 16.4. The second-order valence-electron chi connectivity index (χ2n) is 4.04. The van der Waals surface area contributed by atoms with Crippen LogP contribution in [-0.2, 0) is 9.53 Å². The predicted molar refractivity (Wildman–Crippen MR) is 61.9 cm³/mol. The molecule has 1 rings (SSSR count). The third-order valence-corrected chi connectivity index (χ3v) is 2.52. The van der Waals surface area contributed by atoms with Crippen LogP contribution >= 0.6 is 0 Å². The van der Waals surface area contributed by atoms with Gasteiger partial charge in [-0.3, -0.25) is 4.79 Å². The first-order valence-electron chi connectivity index (χ1n) is 5.71. The number of aliphatic hydroxyl groups excluding tert-OH is 2. The van der Waals surface area contributed by atoms with Gasteiger partial charge in [0.1, 0.15) is 12.4 Å². The van der Waals surface area contributed by atoms with Gasteiger partial charge in [0, 0.05) is 17.7 Å². The lowest BCUT2D eigenvalue weighted by molar-refractivity contribution is -0.145. The topological polar surface area (TPSA) is 92.8 Å². The number of rotatable bonds is 6. The summed E-state index contributed by atoms with van der Waals surface area (Å²) in [5, 5.41) is 18.2. The van der Waals surface area contributed by atoms with Gasteiger partial charge in [-0.2, -0.15) is 0 Å². The highest BCUT2D eigenvalue weighted by Crippen LogP contribution is 2.23. The van der Waals surface area contributed by atoms with E-state index in [1.165, 1.54) is 0 Å². The number of benzene rings is 1. The van der Waals surface area contributed by atoms with E-state index in [9.17, 15) is 23.1 Å². The number of carbonyl (C=O) groups excluding carboxylic acids is 1. The first-order valence-corrected chi connectivity index (χ1v) is 5.71. The molecule has 4 N–H and O–H groups in total. The largest absolute Gasteiger partial charge is 0.463 e. The number of aliphatic hydroxyl groups is 2. The van der Waals surface area contributed by atoms with Crippen LogP contribution in [0.15, 0.2) is 12.1 Å². The molecule has 0 aliphatic rings. The Balaban J connectivity index is 2.76. The van der Waals surface area contributed by atoms with E-state index in [1.807, 2.05) is 0 Å². The Morgan fingerprint density at radius 3 is 2.45 bits per heavy atom. The monoisotopic (exact) mass is 293 g/mol. The van der Waals surface area contributed by atoms with Crippen LogP contribution in [0.2, 0.25) is 0 Å². The van der Waals surface area contributed by atoms with Gasteiger partial charge < -0.3 is 20.7 Å². The van der Waals surface area contributed by atoms with Gasteiger partial charge >= 0.3 is 5.97 Å². The van der Waals surface area contributed by atoms with Crippen molar-refractivity contribution in [3.63, 3.8) is 0 Å². The molecule has 0 spiro atoms. The quantitative estimate of drug-likeness (QED) is 0.521. The zero-order valence-corrected chi connectivity index (χ0v) is 10.4. The second-order valence-corrected chi connectivity index (χ2v) is 4.04. The Hall–Kier alpha value is -1.64. The molecule has 5 nitrogen and oxygen atoms in total. The van der Waals surface area contributed by atoms with Crippen molar-refractivity contribution in [3.8, 4) is 0 Å². The molecule has 112 valence electrons. The molecule has 0 heterocycles. The second kappa shape index (κ2) is 7.22. The predicted octanol–water partition coefficient (Wildman–Crippen LogP) is 0.390. The lowest BCUT2D eigenvalue weighted by Crippen LogP contribution is -2.32. The van der Waals surface area contributed by atoms with Crippen LogP contribution < -0.4 is 5.73 Å². The summed E-state index contributed by atoms with van der Waals surface area (Å²) in [5.74, 6) is -4.71. The molecule has 0 radical (unpaired) electrons. The fraction of sp³-hybridized carbons (Fsp3) is 0.417. The van der Waals surface area contributed by atoms with E-state index in [2.05, 4.69) is 4.74 Å². The molecular formula is C12H14F3NO4. The molecule has 1 aromatic rings. The van der Waals surface area contributed by atoms with Gasteiger partial charge in [-0.1, -0.05) is 0 Å². The summed E-state index contributed by atoms with van der Waals surface area (Å²) in [6.07, 6.45) is -2.17. The highest BCUT2D eigenvalue weighted by molar-refractivity contribution is 5.70. The SMILES string of the molecule is NC(CC(=O)OCCO)C(O)c1cc(F)c(F)cc1F. The molecule has 0 saturated carbocycles. The van der Waals surface area contributed by atoms with Gasteiger partial charge in [-0.05, 0) is 6.07 Å². The van der Waals surface area contributed by atoms with Gasteiger partial charge in [0.25, 0.3) is 0 Å². The number of carbonyl (C=O) groups is 1. The van der Waals surface area contributed by atoms with Crippen molar-refractivity contribution >= 4 is 5.97 Å². The minimum atomic E-state index is -1.70. The maximum atomic E-state index is 13.4. The van der Waals surface area contributed by atoms with E-state index in [-0.39, 0.29) is 19.3 Å². The Bertz CT molecular complexity index is 484. The maximum absolute atomic E-state index is 13.4. The van der Waals surface area contributed by atoms with E-state index in [4.69, 9.17) is 10.8 Å². The normalized spacial score (nSPS) is 13.9. The van der Waals surface area contributed by atoms with Gasteiger partial charge in [0.15, 0.2) is 11.6 Å². The van der Waals surface area contributed by atoms with Crippen LogP contribution in [0.25, 0.3) is 0 Å². The molecule has 0 bridgehead atoms. The van der Waals surface area contributed by atoms with E-state index in [0.717, 1.165) is 0 Å². The zero-order chi connectivity index (χ0) is 15.3. The Morgan fingerprint density at radius 2 is 1.85 bits per heavy atom. The van der Waals surface area contributed by atoms with Crippen LogP contribution in [0, 0.1) is 17.5 Å². The zero-order valence-electron chi connectivity index (χ0n) is 10.4. The Labute approximate surface area is 112 Å². The lowest BCUT2D eigenvalue weighted by Gasteiger charge is -2.19. The van der Waals surface area contributed by atoms with Crippen LogP contribution in [0.3, 0.4) is 0 Å². The summed E-state index contributed by atoms with van der Waals surface area (Å²) >= 11 is 0. The fourth-order valence-electron chi connectivity index (χ4n) is 1.52. The minimum absolute atomic E-state index is 0.235. The summed E-state index contributed by atoms with van der Waals surface area (Å²) in [7, 11) is 0. The standard InChI is InChI=1S/C12H14F3NO4/c13-7-4-9(15)8(14)3-6(7)12(19)10(16)5-11(18)20-2-1-17/h3-4,10,12,17,19H,1-2,5,16H2. The summed E-state index contributed by atoms with van der Waals surface area (Å²) in [6, 6.07) is -0.501. The van der Waals surface area contributed by atoms with E-state index in [0.29, 0.717) is 6.07 Å². The van der Waals surface area contributed by atoms with Gasteiger partial charge in [0.05, 0.1) is 19.1 Å². The lowest BCUT2D eigenvalue weighted by atomic mass is 10.00. The molecule has 0 amide bonds. The first-order chi connectivity index (χ1) is 9.36. The van der Waals surface area contributed by atoms with Gasteiger partial charge in [-0.25, -0.2) is 13.2 Å². The van der Waals surface area contributed by atoms with E-state index in [1.54, 1.807) is 0 Å². The van der Waals surface area contributed by atoms with E-state index >= 15 is 0 Å². The number of hydrogen-bond donors (Lipinski definition) is 3. The average molecular weight is 293 g/mol. The molecule has 0 aliphatic carbocycles. The van der Waals surface area contributed by atoms with Crippen molar-refractivity contribution in [2.24, 2.45) is 5.73 Å². The third-order valence-electron chi connectivity index (χ3n) is 2.52. The fourth-order valence-corrected chi connectivity index (χ4v) is 1.52. The van der Waals surface area contributed by atoms with Crippen molar-refractivity contribution in [2.75, 3.05) is 13.2 Å². The van der Waals surface area contributed by atoms with Crippen molar-refractivity contribution < 1.29 is 32.9 Å². The van der Waals surface area contributed by atoms with Crippen LogP contribution in [0.1, 0.15) is 18.1 Å². The molecule has 8 heteroatoms. The molecule has 2 atom stereocenters. The molecule has 0 fully saturated rings. The van der Waals surface area contributed by atoms with Crippen LogP contribution in [0.5, 0.6) is 0 Å². The average Bonchev–Trinajstić information content (AvgIpc) is 2.39. The summed E-state index contributed by atoms with van der Waals surface area (Å²) in [6.45, 7) is -0.609. The highest BCUT2D eigenvalue weighted by atomic mass is 19.2. The summed E-state index contributed by atoms with van der Waals surface area (Å²) in [5.41, 5.74) is 4.93. The minimum Gasteiger partial charge on any atom is -0.463 e. The van der Waals surface area contributed by atoms with Gasteiger partial charge in [-0.15, -0.1) is 0 Å². The highest BCUT2D eigenvalue weighted by Gasteiger charge is 2.25.